The van der Waals surface area contributed by atoms with Gasteiger partial charge < -0.3 is 16.2 Å². The molecule has 0 aliphatic rings. The van der Waals surface area contributed by atoms with Gasteiger partial charge in [0, 0.05) is 11.8 Å². The van der Waals surface area contributed by atoms with E-state index in [0.717, 1.165) is 6.20 Å². The topological polar surface area (TPSA) is 97.4 Å². The first-order valence-electron chi connectivity index (χ1n) is 5.22. The molecule has 0 aliphatic heterocycles. The van der Waals surface area contributed by atoms with Crippen molar-refractivity contribution < 1.29 is 4.74 Å². The van der Waals surface area contributed by atoms with E-state index in [1.165, 1.54) is 7.11 Å². The summed E-state index contributed by atoms with van der Waals surface area (Å²) in [4.78, 5) is 4.02. The highest BCUT2D eigenvalue weighted by Crippen LogP contribution is 2.26. The Bertz CT molecular complexity index is 599. The Labute approximate surface area is 116 Å². The number of benzene rings is 1. The number of hydrogen-bond donors (Lipinski definition) is 2. The molecule has 1 aromatic rings. The van der Waals surface area contributed by atoms with Crippen LogP contribution in [0.5, 0.6) is 5.75 Å². The van der Waals surface area contributed by atoms with E-state index in [9.17, 15) is 0 Å². The number of allylic oxidation sites excluding steroid dienone is 1. The van der Waals surface area contributed by atoms with Gasteiger partial charge in [-0.05, 0) is 12.1 Å². The van der Waals surface area contributed by atoms with Crippen LogP contribution in [0, 0.1) is 11.3 Å². The normalized spacial score (nSPS) is 11.8. The molecule has 1 rings (SSSR count). The molecule has 0 fully saturated rings. The molecule has 98 valence electrons. The van der Waals surface area contributed by atoms with Crippen molar-refractivity contribution in [3.05, 3.63) is 53.0 Å². The first-order valence-corrected chi connectivity index (χ1v) is 5.60. The summed E-state index contributed by atoms with van der Waals surface area (Å²) < 4.78 is 5.11. The number of nitriles is 1. The van der Waals surface area contributed by atoms with E-state index in [2.05, 4.69) is 11.6 Å². The molecule has 0 amide bonds. The van der Waals surface area contributed by atoms with Crippen molar-refractivity contribution in [3.63, 3.8) is 0 Å². The standard InChI is InChI=1S/C13H13ClN4O/c1-8(17)18-13(10(6-15)7-16)9-3-4-11(14)12(5-9)19-2/h3-6H,1,15,17H2,2H3/b10-6-,18-13?. The van der Waals surface area contributed by atoms with Crippen LogP contribution in [-0.4, -0.2) is 12.8 Å². The second-order valence-electron chi connectivity index (χ2n) is 3.49. The van der Waals surface area contributed by atoms with Gasteiger partial charge in [0.1, 0.15) is 17.6 Å². The van der Waals surface area contributed by atoms with Crippen LogP contribution >= 0.6 is 11.6 Å². The lowest BCUT2D eigenvalue weighted by molar-refractivity contribution is 0.415. The van der Waals surface area contributed by atoms with Crippen LogP contribution in [0.4, 0.5) is 0 Å². The second-order valence-corrected chi connectivity index (χ2v) is 3.90. The van der Waals surface area contributed by atoms with Crippen LogP contribution in [0.2, 0.25) is 5.02 Å². The van der Waals surface area contributed by atoms with E-state index >= 15 is 0 Å². The van der Waals surface area contributed by atoms with Crippen LogP contribution in [0.1, 0.15) is 5.56 Å². The molecule has 5 nitrogen and oxygen atoms in total. The molecule has 0 bridgehead atoms. The first-order chi connectivity index (χ1) is 9.03. The molecular formula is C13H13ClN4O. The Morgan fingerprint density at radius 3 is 2.74 bits per heavy atom. The molecule has 0 atom stereocenters. The number of nitrogens with zero attached hydrogens (tertiary/aromatic N) is 2. The fraction of sp³-hybridized carbons (Fsp3) is 0.0769. The molecule has 0 radical (unpaired) electrons. The Hall–Kier alpha value is -2.45. The van der Waals surface area contributed by atoms with Crippen molar-refractivity contribution in [2.45, 2.75) is 0 Å². The summed E-state index contributed by atoms with van der Waals surface area (Å²) in [6.07, 6.45) is 1.16. The van der Waals surface area contributed by atoms with Crippen molar-refractivity contribution in [3.8, 4) is 11.8 Å². The number of hydrogen-bond acceptors (Lipinski definition) is 5. The van der Waals surface area contributed by atoms with Gasteiger partial charge in [0.2, 0.25) is 0 Å². The average molecular weight is 277 g/mol. The van der Waals surface area contributed by atoms with Crippen LogP contribution in [0.25, 0.3) is 0 Å². The molecule has 1 aromatic carbocycles. The molecule has 0 saturated carbocycles. The van der Waals surface area contributed by atoms with Crippen molar-refractivity contribution in [2.75, 3.05) is 7.11 Å². The maximum absolute atomic E-state index is 9.04. The van der Waals surface area contributed by atoms with Crippen LogP contribution in [0.15, 0.2) is 47.4 Å². The van der Waals surface area contributed by atoms with Gasteiger partial charge in [-0.25, -0.2) is 4.99 Å². The SMILES string of the molecule is C=C(N)N=C(/C(C#N)=C\N)c1ccc(Cl)c(OC)c1. The maximum Gasteiger partial charge on any atom is 0.138 e. The lowest BCUT2D eigenvalue weighted by atomic mass is 10.0. The maximum atomic E-state index is 9.04. The van der Waals surface area contributed by atoms with Crippen LogP contribution in [0.3, 0.4) is 0 Å². The highest BCUT2D eigenvalue weighted by atomic mass is 35.5. The van der Waals surface area contributed by atoms with Gasteiger partial charge in [-0.15, -0.1) is 0 Å². The fourth-order valence-electron chi connectivity index (χ4n) is 1.40. The molecule has 4 N–H and O–H groups in total. The molecule has 19 heavy (non-hydrogen) atoms. The third-order valence-electron chi connectivity index (χ3n) is 2.22. The van der Waals surface area contributed by atoms with Gasteiger partial charge in [-0.3, -0.25) is 0 Å². The smallest absolute Gasteiger partial charge is 0.138 e. The van der Waals surface area contributed by atoms with E-state index in [4.69, 9.17) is 33.1 Å². The van der Waals surface area contributed by atoms with Gasteiger partial charge in [-0.2, -0.15) is 5.26 Å². The molecule has 0 unspecified atom stereocenters. The molecule has 0 spiro atoms. The predicted molar refractivity (Wildman–Crippen MR) is 75.8 cm³/mol. The Morgan fingerprint density at radius 1 is 1.58 bits per heavy atom. The summed E-state index contributed by atoms with van der Waals surface area (Å²) in [6.45, 7) is 3.49. The highest BCUT2D eigenvalue weighted by Gasteiger charge is 2.12. The van der Waals surface area contributed by atoms with Gasteiger partial charge >= 0.3 is 0 Å². The number of nitrogens with two attached hydrogens (primary N) is 2. The highest BCUT2D eigenvalue weighted by molar-refractivity contribution is 6.32. The quantitative estimate of drug-likeness (QED) is 0.648. The minimum absolute atomic E-state index is 0.0681. The number of halogens is 1. The summed E-state index contributed by atoms with van der Waals surface area (Å²) in [6, 6.07) is 6.91. The van der Waals surface area contributed by atoms with E-state index in [1.807, 2.05) is 6.07 Å². The second kappa shape index (κ2) is 6.47. The number of methoxy groups -OCH3 is 1. The Morgan fingerprint density at radius 2 is 2.26 bits per heavy atom. The van der Waals surface area contributed by atoms with Crippen LogP contribution < -0.4 is 16.2 Å². The van der Waals surface area contributed by atoms with Gasteiger partial charge in [-0.1, -0.05) is 24.2 Å². The number of rotatable bonds is 4. The van der Waals surface area contributed by atoms with E-state index < -0.39 is 0 Å². The van der Waals surface area contributed by atoms with E-state index in [-0.39, 0.29) is 11.4 Å². The summed E-state index contributed by atoms with van der Waals surface area (Å²) in [5.74, 6) is 0.530. The van der Waals surface area contributed by atoms with Gasteiger partial charge in [0.25, 0.3) is 0 Å². The summed E-state index contributed by atoms with van der Waals surface area (Å²) in [5, 5.41) is 9.50. The number of ether oxygens (including phenoxy) is 1. The van der Waals surface area contributed by atoms with Crippen molar-refractivity contribution in [2.24, 2.45) is 16.5 Å². The lowest BCUT2D eigenvalue weighted by Gasteiger charge is -2.08. The van der Waals surface area contributed by atoms with Crippen molar-refractivity contribution in [1.29, 1.82) is 5.26 Å². The molecule has 0 heterocycles. The summed E-state index contributed by atoms with van der Waals surface area (Å²) in [5.41, 5.74) is 12.0. The minimum atomic E-state index is 0.0681. The summed E-state index contributed by atoms with van der Waals surface area (Å²) in [7, 11) is 1.49. The van der Waals surface area contributed by atoms with Gasteiger partial charge in [0.05, 0.1) is 23.4 Å². The Balaban J connectivity index is 3.43. The Kier molecular flexibility index (Phi) is 4.98. The minimum Gasteiger partial charge on any atom is -0.495 e. The molecule has 0 saturated heterocycles. The molecule has 6 heteroatoms. The van der Waals surface area contributed by atoms with Crippen molar-refractivity contribution in [1.82, 2.24) is 0 Å². The zero-order valence-corrected chi connectivity index (χ0v) is 11.1. The largest absolute Gasteiger partial charge is 0.495 e. The third-order valence-corrected chi connectivity index (χ3v) is 2.53. The molecular weight excluding hydrogens is 264 g/mol. The predicted octanol–water partition coefficient (Wildman–Crippen LogP) is 1.93. The first kappa shape index (κ1) is 14.6. The van der Waals surface area contributed by atoms with Crippen LogP contribution in [-0.2, 0) is 0 Å². The number of aliphatic imine (C=N–C) groups is 1. The lowest BCUT2D eigenvalue weighted by Crippen LogP contribution is -2.09. The van der Waals surface area contributed by atoms with Crippen molar-refractivity contribution >= 4 is 17.3 Å². The zero-order chi connectivity index (χ0) is 14.4. The average Bonchev–Trinajstić information content (AvgIpc) is 2.39. The van der Waals surface area contributed by atoms with E-state index in [1.54, 1.807) is 18.2 Å². The van der Waals surface area contributed by atoms with E-state index in [0.29, 0.717) is 22.0 Å². The fourth-order valence-corrected chi connectivity index (χ4v) is 1.59. The zero-order valence-electron chi connectivity index (χ0n) is 10.4. The molecule has 0 aromatic heterocycles. The van der Waals surface area contributed by atoms with Gasteiger partial charge in [0.15, 0.2) is 0 Å². The third kappa shape index (κ3) is 3.50. The monoisotopic (exact) mass is 276 g/mol. The molecule has 0 aliphatic carbocycles. The summed E-state index contributed by atoms with van der Waals surface area (Å²) >= 11 is 5.94.